The molecule has 2 atom stereocenters. The second kappa shape index (κ2) is 7.70. The lowest BCUT2D eigenvalue weighted by molar-refractivity contribution is -0.153. The first-order valence-electron chi connectivity index (χ1n) is 7.68. The summed E-state index contributed by atoms with van der Waals surface area (Å²) in [6.07, 6.45) is 1.76. The zero-order chi connectivity index (χ0) is 17.9. The fourth-order valence-electron chi connectivity index (χ4n) is 2.43. The molecule has 0 aromatic heterocycles. The number of rotatable bonds is 6. The molecule has 0 bridgehead atoms. The van der Waals surface area contributed by atoms with Crippen LogP contribution < -0.4 is 4.74 Å². The van der Waals surface area contributed by atoms with Gasteiger partial charge in [0.1, 0.15) is 18.1 Å². The van der Waals surface area contributed by atoms with Gasteiger partial charge in [0.2, 0.25) is 5.67 Å². The molecule has 25 heavy (non-hydrogen) atoms. The lowest BCUT2D eigenvalue weighted by atomic mass is 10.2. The highest BCUT2D eigenvalue weighted by Crippen LogP contribution is 2.50. The number of benzene rings is 2. The summed E-state index contributed by atoms with van der Waals surface area (Å²) in [5.41, 5.74) is -1.19. The van der Waals surface area contributed by atoms with Crippen molar-refractivity contribution in [3.8, 4) is 11.5 Å². The Morgan fingerprint density at radius 2 is 1.88 bits per heavy atom. The van der Waals surface area contributed by atoms with E-state index in [0.717, 1.165) is 5.56 Å². The summed E-state index contributed by atoms with van der Waals surface area (Å²) in [7, 11) is 0. The maximum Gasteiger partial charge on any atom is 0.344 e. The summed E-state index contributed by atoms with van der Waals surface area (Å²) in [6, 6.07) is 16.6. The quantitative estimate of drug-likeness (QED) is 0.495. The van der Waals surface area contributed by atoms with Gasteiger partial charge in [0.15, 0.2) is 0 Å². The highest BCUT2D eigenvalue weighted by atomic mass is 79.9. The fraction of sp³-hybridized carbons (Fsp3) is 0.211. The van der Waals surface area contributed by atoms with Crippen molar-refractivity contribution in [3.63, 3.8) is 0 Å². The van der Waals surface area contributed by atoms with Gasteiger partial charge in [0, 0.05) is 12.3 Å². The Bertz CT molecular complexity index is 790. The van der Waals surface area contributed by atoms with Crippen molar-refractivity contribution in [2.75, 3.05) is 0 Å². The van der Waals surface area contributed by atoms with Crippen molar-refractivity contribution in [1.29, 1.82) is 0 Å². The molecule has 3 rings (SSSR count). The predicted octanol–water partition coefficient (Wildman–Crippen LogP) is 5.88. The number of carbonyl (C=O) groups is 1. The van der Waals surface area contributed by atoms with E-state index in [-0.39, 0.29) is 13.0 Å². The summed E-state index contributed by atoms with van der Waals surface area (Å²) in [6.45, 7) is 0.00239. The molecule has 1 saturated carbocycles. The first-order chi connectivity index (χ1) is 12.0. The number of carbonyl (C=O) groups excluding carboxylic acids is 1. The summed E-state index contributed by atoms with van der Waals surface area (Å²) in [5, 5.41) is 0. The fourth-order valence-corrected chi connectivity index (χ4v) is 3.07. The van der Waals surface area contributed by atoms with Crippen LogP contribution >= 0.6 is 31.9 Å². The third kappa shape index (κ3) is 4.70. The van der Waals surface area contributed by atoms with Crippen molar-refractivity contribution in [3.05, 3.63) is 69.6 Å². The Morgan fingerprint density at radius 1 is 1.16 bits per heavy atom. The Morgan fingerprint density at radius 3 is 2.60 bits per heavy atom. The van der Waals surface area contributed by atoms with Crippen LogP contribution in [0.5, 0.6) is 11.5 Å². The minimum absolute atomic E-state index is 0.00239. The summed E-state index contributed by atoms with van der Waals surface area (Å²) in [4.78, 5) is 12.0. The molecule has 6 heteroatoms. The minimum Gasteiger partial charge on any atom is -0.458 e. The Kier molecular flexibility index (Phi) is 5.59. The molecule has 3 nitrogen and oxygen atoms in total. The van der Waals surface area contributed by atoms with Crippen molar-refractivity contribution in [1.82, 2.24) is 0 Å². The van der Waals surface area contributed by atoms with E-state index in [1.807, 2.05) is 36.4 Å². The smallest absolute Gasteiger partial charge is 0.344 e. The Balaban J connectivity index is 1.58. The monoisotopic (exact) mass is 468 g/mol. The number of esters is 1. The molecule has 1 aliphatic rings. The van der Waals surface area contributed by atoms with Gasteiger partial charge in [0.25, 0.3) is 0 Å². The van der Waals surface area contributed by atoms with Crippen LogP contribution in [0.3, 0.4) is 0 Å². The van der Waals surface area contributed by atoms with Gasteiger partial charge in [-0.3, -0.25) is 0 Å². The number of hydrogen-bond acceptors (Lipinski definition) is 3. The minimum atomic E-state index is -1.93. The molecule has 0 aliphatic heterocycles. The summed E-state index contributed by atoms with van der Waals surface area (Å²) >= 11 is 6.34. The molecule has 1 fully saturated rings. The molecule has 0 saturated heterocycles. The molecular formula is C19H15Br2FO3. The molecule has 2 aromatic rings. The maximum atomic E-state index is 14.4. The topological polar surface area (TPSA) is 35.5 Å². The van der Waals surface area contributed by atoms with Crippen LogP contribution in [-0.4, -0.2) is 11.6 Å². The van der Waals surface area contributed by atoms with Crippen LogP contribution in [-0.2, 0) is 16.1 Å². The summed E-state index contributed by atoms with van der Waals surface area (Å²) in [5.74, 6) is 0.0587. The van der Waals surface area contributed by atoms with E-state index >= 15 is 0 Å². The third-order valence-electron chi connectivity index (χ3n) is 3.86. The largest absolute Gasteiger partial charge is 0.458 e. The SMILES string of the molecule is O=C(OCc1cccc(Oc2ccccc2)c1)C1(F)CC1C=C(Br)Br. The Labute approximate surface area is 162 Å². The number of para-hydroxylation sites is 1. The second-order valence-electron chi connectivity index (χ2n) is 5.77. The van der Waals surface area contributed by atoms with Crippen LogP contribution in [0.2, 0.25) is 0 Å². The van der Waals surface area contributed by atoms with Gasteiger partial charge in [-0.05, 0) is 61.7 Å². The van der Waals surface area contributed by atoms with Crippen LogP contribution in [0.15, 0.2) is 64.1 Å². The van der Waals surface area contributed by atoms with Crippen LogP contribution in [0, 0.1) is 5.92 Å². The maximum absolute atomic E-state index is 14.4. The van der Waals surface area contributed by atoms with E-state index in [4.69, 9.17) is 9.47 Å². The van der Waals surface area contributed by atoms with Gasteiger partial charge in [-0.15, -0.1) is 0 Å². The average molecular weight is 470 g/mol. The number of alkyl halides is 1. The van der Waals surface area contributed by atoms with Crippen LogP contribution in [0.4, 0.5) is 4.39 Å². The number of hydrogen-bond donors (Lipinski definition) is 0. The normalized spacial score (nSPS) is 21.3. The number of allylic oxidation sites excluding steroid dienone is 1. The van der Waals surface area contributed by atoms with Crippen LogP contribution in [0.25, 0.3) is 0 Å². The zero-order valence-electron chi connectivity index (χ0n) is 13.1. The number of halogens is 3. The lowest BCUT2D eigenvalue weighted by Crippen LogP contribution is -2.22. The highest BCUT2D eigenvalue weighted by molar-refractivity contribution is 9.28. The first-order valence-corrected chi connectivity index (χ1v) is 9.27. The molecule has 2 unspecified atom stereocenters. The van der Waals surface area contributed by atoms with Gasteiger partial charge < -0.3 is 9.47 Å². The zero-order valence-corrected chi connectivity index (χ0v) is 16.3. The molecule has 0 amide bonds. The molecule has 1 aliphatic carbocycles. The standard InChI is InChI=1S/C19H15Br2FO3/c20-17(21)10-14-11-19(14,22)18(23)24-12-13-5-4-8-16(9-13)25-15-6-2-1-3-7-15/h1-10,14H,11-12H2. The van der Waals surface area contributed by atoms with Crippen molar-refractivity contribution < 1.29 is 18.7 Å². The van der Waals surface area contributed by atoms with E-state index in [1.165, 1.54) is 0 Å². The molecule has 0 heterocycles. The van der Waals surface area contributed by atoms with Gasteiger partial charge >= 0.3 is 5.97 Å². The van der Waals surface area contributed by atoms with Crippen molar-refractivity contribution in [2.45, 2.75) is 18.7 Å². The number of ether oxygens (including phenoxy) is 2. The van der Waals surface area contributed by atoms with Crippen molar-refractivity contribution >= 4 is 37.8 Å². The second-order valence-corrected chi connectivity index (χ2v) is 8.54. The van der Waals surface area contributed by atoms with Gasteiger partial charge in [-0.1, -0.05) is 36.4 Å². The molecule has 2 aromatic carbocycles. The van der Waals surface area contributed by atoms with Crippen molar-refractivity contribution in [2.24, 2.45) is 5.92 Å². The molecule has 0 spiro atoms. The average Bonchev–Trinajstić information content (AvgIpc) is 3.24. The molecular weight excluding hydrogens is 455 g/mol. The van der Waals surface area contributed by atoms with E-state index in [9.17, 15) is 9.18 Å². The highest BCUT2D eigenvalue weighted by Gasteiger charge is 2.62. The van der Waals surface area contributed by atoms with E-state index < -0.39 is 17.6 Å². The molecule has 0 radical (unpaired) electrons. The van der Waals surface area contributed by atoms with Gasteiger partial charge in [-0.25, -0.2) is 9.18 Å². The van der Waals surface area contributed by atoms with Gasteiger partial charge in [-0.2, -0.15) is 0 Å². The third-order valence-corrected chi connectivity index (χ3v) is 4.39. The first kappa shape index (κ1) is 18.1. The Hall–Kier alpha value is -1.66. The van der Waals surface area contributed by atoms with E-state index in [1.54, 1.807) is 24.3 Å². The van der Waals surface area contributed by atoms with Crippen LogP contribution in [0.1, 0.15) is 12.0 Å². The molecule has 130 valence electrons. The van der Waals surface area contributed by atoms with E-state index in [2.05, 4.69) is 31.9 Å². The van der Waals surface area contributed by atoms with Gasteiger partial charge in [0.05, 0.1) is 3.39 Å². The predicted molar refractivity (Wildman–Crippen MR) is 101 cm³/mol. The molecule has 0 N–H and O–H groups in total. The summed E-state index contributed by atoms with van der Waals surface area (Å²) < 4.78 is 25.9. The lowest BCUT2D eigenvalue weighted by Gasteiger charge is -2.10. The van der Waals surface area contributed by atoms with E-state index in [0.29, 0.717) is 14.9 Å².